The van der Waals surface area contributed by atoms with Gasteiger partial charge in [0.05, 0.1) is 0 Å². The lowest BCUT2D eigenvalue weighted by Gasteiger charge is -2.27. The van der Waals surface area contributed by atoms with E-state index in [-0.39, 0.29) is 5.84 Å². The molecule has 0 unspecified atom stereocenters. The second-order valence-electron chi connectivity index (χ2n) is 4.36. The summed E-state index contributed by atoms with van der Waals surface area (Å²) in [7, 11) is 0. The predicted octanol–water partition coefficient (Wildman–Crippen LogP) is 2.02. The SMILES string of the molecule is CCC(CC)CN(CC)c1nccnc1C(=N)N. The molecule has 0 aromatic carbocycles. The van der Waals surface area contributed by atoms with Crippen LogP contribution < -0.4 is 10.6 Å². The van der Waals surface area contributed by atoms with Gasteiger partial charge >= 0.3 is 0 Å². The average Bonchev–Trinajstić information content (AvgIpc) is 2.40. The Balaban J connectivity index is 2.97. The zero-order valence-corrected chi connectivity index (χ0v) is 11.5. The molecule has 0 spiro atoms. The van der Waals surface area contributed by atoms with Gasteiger partial charge in [0.15, 0.2) is 5.82 Å². The number of aromatic nitrogens is 2. The van der Waals surface area contributed by atoms with Gasteiger partial charge in [0.1, 0.15) is 11.5 Å². The van der Waals surface area contributed by atoms with Crippen LogP contribution in [0, 0.1) is 11.3 Å². The largest absolute Gasteiger partial charge is 0.382 e. The molecule has 0 aliphatic carbocycles. The van der Waals surface area contributed by atoms with Crippen LogP contribution in [0.25, 0.3) is 0 Å². The van der Waals surface area contributed by atoms with E-state index in [1.54, 1.807) is 12.4 Å². The molecular formula is C13H23N5. The number of nitrogens with zero attached hydrogens (tertiary/aromatic N) is 3. The summed E-state index contributed by atoms with van der Waals surface area (Å²) in [6.45, 7) is 8.26. The van der Waals surface area contributed by atoms with Crippen LogP contribution in [0.4, 0.5) is 5.82 Å². The third-order valence-corrected chi connectivity index (χ3v) is 3.25. The first-order valence-electron chi connectivity index (χ1n) is 6.54. The summed E-state index contributed by atoms with van der Waals surface area (Å²) >= 11 is 0. The van der Waals surface area contributed by atoms with Crippen molar-refractivity contribution in [3.63, 3.8) is 0 Å². The summed E-state index contributed by atoms with van der Waals surface area (Å²) in [5.41, 5.74) is 6.03. The number of nitrogens with two attached hydrogens (primary N) is 1. The fourth-order valence-corrected chi connectivity index (χ4v) is 1.98. The van der Waals surface area contributed by atoms with Crippen molar-refractivity contribution in [1.29, 1.82) is 5.41 Å². The van der Waals surface area contributed by atoms with Gasteiger partial charge in [0.25, 0.3) is 0 Å². The van der Waals surface area contributed by atoms with E-state index in [1.165, 1.54) is 0 Å². The van der Waals surface area contributed by atoms with Crippen LogP contribution in [0.15, 0.2) is 12.4 Å². The van der Waals surface area contributed by atoms with E-state index in [1.807, 2.05) is 0 Å². The average molecular weight is 249 g/mol. The van der Waals surface area contributed by atoms with E-state index in [4.69, 9.17) is 11.1 Å². The second kappa shape index (κ2) is 6.93. The molecule has 0 atom stereocenters. The fourth-order valence-electron chi connectivity index (χ4n) is 1.98. The van der Waals surface area contributed by atoms with Crippen LogP contribution in [0.3, 0.4) is 0 Å². The fraction of sp³-hybridized carbons (Fsp3) is 0.615. The molecule has 0 saturated heterocycles. The highest BCUT2D eigenvalue weighted by atomic mass is 15.2. The van der Waals surface area contributed by atoms with Crippen molar-refractivity contribution >= 4 is 11.7 Å². The summed E-state index contributed by atoms with van der Waals surface area (Å²) in [6.07, 6.45) is 5.51. The standard InChI is InChI=1S/C13H23N5/c1-4-10(5-2)9-18(6-3)13-11(12(14)15)16-7-8-17-13/h7-8,10H,4-6,9H2,1-3H3,(H3,14,15). The maximum atomic E-state index is 7.57. The van der Waals surface area contributed by atoms with Gasteiger partial charge in [-0.3, -0.25) is 5.41 Å². The van der Waals surface area contributed by atoms with Crippen LogP contribution in [-0.4, -0.2) is 28.9 Å². The lowest BCUT2D eigenvalue weighted by Crippen LogP contribution is -2.32. The van der Waals surface area contributed by atoms with Crippen molar-refractivity contribution < 1.29 is 0 Å². The Morgan fingerprint density at radius 3 is 2.39 bits per heavy atom. The normalized spacial score (nSPS) is 10.7. The monoisotopic (exact) mass is 249 g/mol. The first-order chi connectivity index (χ1) is 8.63. The van der Waals surface area contributed by atoms with E-state index in [9.17, 15) is 0 Å². The Labute approximate surface area is 109 Å². The number of hydrogen-bond acceptors (Lipinski definition) is 4. The molecule has 0 aliphatic rings. The van der Waals surface area contributed by atoms with Crippen LogP contribution in [-0.2, 0) is 0 Å². The Morgan fingerprint density at radius 1 is 1.28 bits per heavy atom. The molecule has 1 aromatic rings. The van der Waals surface area contributed by atoms with Crippen LogP contribution in [0.2, 0.25) is 0 Å². The predicted molar refractivity (Wildman–Crippen MR) is 75.0 cm³/mol. The first kappa shape index (κ1) is 14.4. The lowest BCUT2D eigenvalue weighted by molar-refractivity contribution is 0.484. The third kappa shape index (κ3) is 3.42. The zero-order chi connectivity index (χ0) is 13.5. The molecule has 18 heavy (non-hydrogen) atoms. The summed E-state index contributed by atoms with van der Waals surface area (Å²) in [4.78, 5) is 10.6. The van der Waals surface area contributed by atoms with Crippen molar-refractivity contribution in [2.24, 2.45) is 11.7 Å². The maximum absolute atomic E-state index is 7.57. The van der Waals surface area contributed by atoms with E-state index in [2.05, 4.69) is 35.6 Å². The van der Waals surface area contributed by atoms with E-state index in [0.717, 1.165) is 31.7 Å². The summed E-state index contributed by atoms with van der Waals surface area (Å²) in [5, 5.41) is 7.57. The molecule has 0 bridgehead atoms. The van der Waals surface area contributed by atoms with Gasteiger partial charge < -0.3 is 10.6 Å². The molecule has 100 valence electrons. The van der Waals surface area contributed by atoms with Gasteiger partial charge in [0, 0.05) is 25.5 Å². The third-order valence-electron chi connectivity index (χ3n) is 3.25. The molecule has 3 N–H and O–H groups in total. The topological polar surface area (TPSA) is 78.9 Å². The van der Waals surface area contributed by atoms with Gasteiger partial charge in [-0.15, -0.1) is 0 Å². The smallest absolute Gasteiger partial charge is 0.158 e. The number of nitrogen functional groups attached to an aromatic ring is 1. The Hall–Kier alpha value is -1.65. The molecule has 0 radical (unpaired) electrons. The molecule has 0 saturated carbocycles. The molecule has 1 aromatic heterocycles. The summed E-state index contributed by atoms with van der Waals surface area (Å²) < 4.78 is 0. The Bertz CT molecular complexity index is 387. The molecule has 0 amide bonds. The van der Waals surface area contributed by atoms with Crippen LogP contribution in [0.5, 0.6) is 0 Å². The molecule has 1 rings (SSSR count). The quantitative estimate of drug-likeness (QED) is 0.572. The first-order valence-corrected chi connectivity index (χ1v) is 6.54. The van der Waals surface area contributed by atoms with Gasteiger partial charge in [-0.2, -0.15) is 0 Å². The Kier molecular flexibility index (Phi) is 5.55. The molecule has 1 heterocycles. The Morgan fingerprint density at radius 2 is 1.89 bits per heavy atom. The summed E-state index contributed by atoms with van der Waals surface area (Å²) in [5.74, 6) is 1.33. The van der Waals surface area contributed by atoms with Gasteiger partial charge in [0.2, 0.25) is 0 Å². The van der Waals surface area contributed by atoms with Gasteiger partial charge in [-0.25, -0.2) is 9.97 Å². The molecule has 0 aliphatic heterocycles. The number of rotatable bonds is 7. The minimum atomic E-state index is -0.0268. The van der Waals surface area contributed by atoms with Gasteiger partial charge in [-0.05, 0) is 12.8 Å². The van der Waals surface area contributed by atoms with E-state index in [0.29, 0.717) is 11.6 Å². The highest BCUT2D eigenvalue weighted by molar-refractivity contribution is 5.97. The molecule has 5 nitrogen and oxygen atoms in total. The van der Waals surface area contributed by atoms with Crippen molar-refractivity contribution in [3.05, 3.63) is 18.1 Å². The van der Waals surface area contributed by atoms with E-state index >= 15 is 0 Å². The van der Waals surface area contributed by atoms with Crippen molar-refractivity contribution in [1.82, 2.24) is 9.97 Å². The molecular weight excluding hydrogens is 226 g/mol. The van der Waals surface area contributed by atoms with Crippen molar-refractivity contribution in [2.45, 2.75) is 33.6 Å². The van der Waals surface area contributed by atoms with E-state index < -0.39 is 0 Å². The molecule has 0 fully saturated rings. The van der Waals surface area contributed by atoms with Crippen LogP contribution >= 0.6 is 0 Å². The molecule has 5 heteroatoms. The number of hydrogen-bond donors (Lipinski definition) is 2. The zero-order valence-electron chi connectivity index (χ0n) is 11.5. The van der Waals surface area contributed by atoms with Crippen molar-refractivity contribution in [3.8, 4) is 0 Å². The minimum Gasteiger partial charge on any atom is -0.382 e. The lowest BCUT2D eigenvalue weighted by atomic mass is 10.0. The highest BCUT2D eigenvalue weighted by Gasteiger charge is 2.17. The number of anilines is 1. The highest BCUT2D eigenvalue weighted by Crippen LogP contribution is 2.18. The second-order valence-corrected chi connectivity index (χ2v) is 4.36. The number of amidine groups is 1. The number of nitrogens with one attached hydrogen (secondary N) is 1. The van der Waals surface area contributed by atoms with Crippen molar-refractivity contribution in [2.75, 3.05) is 18.0 Å². The minimum absolute atomic E-state index is 0.0268. The summed E-state index contributed by atoms with van der Waals surface area (Å²) in [6, 6.07) is 0. The van der Waals surface area contributed by atoms with Gasteiger partial charge in [-0.1, -0.05) is 26.7 Å². The van der Waals surface area contributed by atoms with Crippen LogP contribution in [0.1, 0.15) is 39.3 Å². The maximum Gasteiger partial charge on any atom is 0.158 e.